The van der Waals surface area contributed by atoms with E-state index in [1.165, 1.54) is 28.3 Å². The maximum atomic E-state index is 10.7. The number of aliphatic carboxylic acids is 1. The third-order valence-corrected chi connectivity index (χ3v) is 3.66. The Balaban J connectivity index is 2.66. The minimum absolute atomic E-state index is 0.470. The van der Waals surface area contributed by atoms with Crippen LogP contribution >= 0.6 is 0 Å². The van der Waals surface area contributed by atoms with Crippen LogP contribution < -0.4 is 0 Å². The monoisotopic (exact) mass is 268 g/mol. The van der Waals surface area contributed by atoms with E-state index in [-0.39, 0.29) is 0 Å². The Hall–Kier alpha value is -2.09. The van der Waals surface area contributed by atoms with Gasteiger partial charge in [0.15, 0.2) is 0 Å². The molecule has 0 aliphatic heterocycles. The van der Waals surface area contributed by atoms with E-state index in [0.29, 0.717) is 5.92 Å². The number of hydrogen-bond donors (Lipinski definition) is 1. The number of carboxylic acid groups (broad SMARTS) is 1. The normalized spacial score (nSPS) is 11.7. The molecule has 104 valence electrons. The summed E-state index contributed by atoms with van der Waals surface area (Å²) in [5.74, 6) is -0.449. The van der Waals surface area contributed by atoms with Gasteiger partial charge in [0.25, 0.3) is 0 Å². The average molecular weight is 268 g/mol. The second-order valence-corrected chi connectivity index (χ2v) is 5.56. The van der Waals surface area contributed by atoms with Crippen LogP contribution in [0.4, 0.5) is 0 Å². The Morgan fingerprint density at radius 1 is 1.15 bits per heavy atom. The molecule has 0 aromatic carbocycles. The summed E-state index contributed by atoms with van der Waals surface area (Å²) >= 11 is 0. The highest BCUT2D eigenvalue weighted by molar-refractivity contribution is 5.90. The second kappa shape index (κ2) is 5.49. The van der Waals surface area contributed by atoms with Gasteiger partial charge in [0, 0.05) is 6.08 Å². The SMILES string of the molecule is Cc1cc(C=CC(=O)O)c2c(C)ccc(C(C)C)cc1-2. The van der Waals surface area contributed by atoms with Crippen LogP contribution in [0.5, 0.6) is 0 Å². The third kappa shape index (κ3) is 2.74. The topological polar surface area (TPSA) is 37.3 Å². The fraction of sp³-hybridized carbons (Fsp3) is 0.278. The first-order valence-electron chi connectivity index (χ1n) is 6.85. The van der Waals surface area contributed by atoms with E-state index in [0.717, 1.165) is 11.1 Å². The molecule has 1 N–H and O–H groups in total. The third-order valence-electron chi connectivity index (χ3n) is 3.66. The Labute approximate surface area is 120 Å². The zero-order valence-electron chi connectivity index (χ0n) is 12.4. The predicted molar refractivity (Wildman–Crippen MR) is 83.3 cm³/mol. The zero-order valence-corrected chi connectivity index (χ0v) is 12.4. The van der Waals surface area contributed by atoms with E-state index in [1.54, 1.807) is 6.08 Å². The van der Waals surface area contributed by atoms with E-state index in [4.69, 9.17) is 5.11 Å². The van der Waals surface area contributed by atoms with Crippen molar-refractivity contribution in [2.45, 2.75) is 33.6 Å². The van der Waals surface area contributed by atoms with E-state index in [2.05, 4.69) is 52.0 Å². The lowest BCUT2D eigenvalue weighted by Crippen LogP contribution is -1.86. The number of hydrogen-bond acceptors (Lipinski definition) is 1. The molecule has 2 aliphatic carbocycles. The smallest absolute Gasteiger partial charge is 0.328 e. The van der Waals surface area contributed by atoms with Crippen LogP contribution in [0.2, 0.25) is 0 Å². The maximum Gasteiger partial charge on any atom is 0.328 e. The number of fused-ring (bicyclic) bond motifs is 1. The van der Waals surface area contributed by atoms with E-state index in [1.807, 2.05) is 0 Å². The first kappa shape index (κ1) is 14.3. The molecule has 0 bridgehead atoms. The summed E-state index contributed by atoms with van der Waals surface area (Å²) < 4.78 is 0. The summed E-state index contributed by atoms with van der Waals surface area (Å²) in [4.78, 5) is 10.7. The van der Waals surface area contributed by atoms with Gasteiger partial charge in [0.2, 0.25) is 0 Å². The molecule has 0 spiro atoms. The largest absolute Gasteiger partial charge is 0.478 e. The molecular formula is C18H20O2. The minimum atomic E-state index is -0.919. The minimum Gasteiger partial charge on any atom is -0.478 e. The molecule has 0 heterocycles. The molecule has 2 nitrogen and oxygen atoms in total. The lowest BCUT2D eigenvalue weighted by molar-refractivity contribution is -0.131. The van der Waals surface area contributed by atoms with Gasteiger partial charge in [-0.05, 0) is 59.2 Å². The van der Waals surface area contributed by atoms with Crippen molar-refractivity contribution in [2.24, 2.45) is 0 Å². The van der Waals surface area contributed by atoms with E-state index < -0.39 is 5.97 Å². The van der Waals surface area contributed by atoms with Crippen molar-refractivity contribution in [3.8, 4) is 11.1 Å². The van der Waals surface area contributed by atoms with Crippen LogP contribution in [-0.4, -0.2) is 11.1 Å². The Bertz CT molecular complexity index is 651. The maximum absolute atomic E-state index is 10.7. The number of carboxylic acids is 1. The van der Waals surface area contributed by atoms with E-state index in [9.17, 15) is 4.79 Å². The summed E-state index contributed by atoms with van der Waals surface area (Å²) in [6, 6.07) is 8.56. The Kier molecular flexibility index (Phi) is 3.93. The Morgan fingerprint density at radius 2 is 1.85 bits per heavy atom. The number of carbonyl (C=O) groups is 1. The first-order valence-corrected chi connectivity index (χ1v) is 6.85. The molecule has 0 atom stereocenters. The van der Waals surface area contributed by atoms with Crippen molar-refractivity contribution in [3.05, 3.63) is 52.6 Å². The predicted octanol–water partition coefficient (Wildman–Crippen LogP) is 4.63. The van der Waals surface area contributed by atoms with Crippen LogP contribution in [0.25, 0.3) is 17.2 Å². The van der Waals surface area contributed by atoms with Gasteiger partial charge in [-0.25, -0.2) is 4.79 Å². The highest BCUT2D eigenvalue weighted by Crippen LogP contribution is 2.36. The van der Waals surface area contributed by atoms with Crippen molar-refractivity contribution in [2.75, 3.05) is 0 Å². The molecule has 0 unspecified atom stereocenters. The molecule has 2 aliphatic rings. The molecule has 20 heavy (non-hydrogen) atoms. The molecule has 0 aromatic rings. The fourth-order valence-corrected chi connectivity index (χ4v) is 2.53. The lowest BCUT2D eigenvalue weighted by Gasteiger charge is -2.04. The molecule has 2 heteroatoms. The molecule has 0 radical (unpaired) electrons. The molecule has 0 saturated heterocycles. The van der Waals surface area contributed by atoms with Crippen LogP contribution in [-0.2, 0) is 4.79 Å². The highest BCUT2D eigenvalue weighted by Gasteiger charge is 2.14. The summed E-state index contributed by atoms with van der Waals surface area (Å²) in [7, 11) is 0. The van der Waals surface area contributed by atoms with Crippen LogP contribution in [0.3, 0.4) is 0 Å². The molecule has 0 aromatic heterocycles. The molecule has 0 saturated carbocycles. The van der Waals surface area contributed by atoms with Gasteiger partial charge in [-0.2, -0.15) is 0 Å². The second-order valence-electron chi connectivity index (χ2n) is 5.56. The molecule has 0 fully saturated rings. The van der Waals surface area contributed by atoms with Gasteiger partial charge in [-0.1, -0.05) is 38.1 Å². The summed E-state index contributed by atoms with van der Waals surface area (Å²) in [5, 5.41) is 8.80. The fourth-order valence-electron chi connectivity index (χ4n) is 2.53. The summed E-state index contributed by atoms with van der Waals surface area (Å²) in [6.45, 7) is 8.51. The van der Waals surface area contributed by atoms with Gasteiger partial charge in [-0.15, -0.1) is 0 Å². The first-order chi connectivity index (χ1) is 9.40. The van der Waals surface area contributed by atoms with Gasteiger partial charge >= 0.3 is 5.97 Å². The average Bonchev–Trinajstić information content (AvgIpc) is 2.55. The highest BCUT2D eigenvalue weighted by atomic mass is 16.4. The standard InChI is InChI=1S/C18H20O2/c1-11(2)14-6-5-12(3)18-15(7-8-17(19)20)9-13(4)16(18)10-14/h5-11H,1-4H3,(H,19,20). The molecule has 0 amide bonds. The zero-order chi connectivity index (χ0) is 14.9. The van der Waals surface area contributed by atoms with Gasteiger partial charge < -0.3 is 5.11 Å². The lowest BCUT2D eigenvalue weighted by atomic mass is 10.0. The number of aryl methyl sites for hydroxylation is 2. The van der Waals surface area contributed by atoms with Crippen LogP contribution in [0.15, 0.2) is 30.3 Å². The van der Waals surface area contributed by atoms with Crippen LogP contribution in [0, 0.1) is 13.8 Å². The van der Waals surface area contributed by atoms with Gasteiger partial charge in [0.05, 0.1) is 0 Å². The molecule has 2 rings (SSSR count). The van der Waals surface area contributed by atoms with Crippen molar-refractivity contribution in [1.82, 2.24) is 0 Å². The Morgan fingerprint density at radius 3 is 2.45 bits per heavy atom. The van der Waals surface area contributed by atoms with E-state index >= 15 is 0 Å². The summed E-state index contributed by atoms with van der Waals surface area (Å²) in [6.07, 6.45) is 2.88. The van der Waals surface area contributed by atoms with Gasteiger partial charge in [0.1, 0.15) is 0 Å². The van der Waals surface area contributed by atoms with Crippen molar-refractivity contribution < 1.29 is 9.90 Å². The summed E-state index contributed by atoms with van der Waals surface area (Å²) in [5.41, 5.74) is 6.98. The number of rotatable bonds is 3. The quantitative estimate of drug-likeness (QED) is 0.824. The molecular weight excluding hydrogens is 248 g/mol. The van der Waals surface area contributed by atoms with Crippen molar-refractivity contribution in [3.63, 3.8) is 0 Å². The van der Waals surface area contributed by atoms with Crippen molar-refractivity contribution in [1.29, 1.82) is 0 Å². The van der Waals surface area contributed by atoms with Crippen LogP contribution in [0.1, 0.15) is 42.0 Å². The van der Waals surface area contributed by atoms with Gasteiger partial charge in [-0.3, -0.25) is 0 Å². The van der Waals surface area contributed by atoms with Crippen molar-refractivity contribution >= 4 is 12.0 Å².